The van der Waals surface area contributed by atoms with Gasteiger partial charge in [-0.2, -0.15) is 5.10 Å². The predicted molar refractivity (Wildman–Crippen MR) is 117 cm³/mol. The van der Waals surface area contributed by atoms with E-state index in [2.05, 4.69) is 15.4 Å². The third-order valence-electron chi connectivity index (χ3n) is 6.92. The van der Waals surface area contributed by atoms with Crippen molar-refractivity contribution in [1.29, 1.82) is 0 Å². The van der Waals surface area contributed by atoms with Gasteiger partial charge in [0.15, 0.2) is 5.65 Å². The van der Waals surface area contributed by atoms with Crippen molar-refractivity contribution in [3.8, 4) is 0 Å². The lowest BCUT2D eigenvalue weighted by Gasteiger charge is -2.31. The van der Waals surface area contributed by atoms with Gasteiger partial charge < -0.3 is 16.0 Å². The molecule has 7 nitrogen and oxygen atoms in total. The van der Waals surface area contributed by atoms with Crippen LogP contribution in [0.1, 0.15) is 43.0 Å². The number of carbonyl (C=O) groups excluding carboxylic acids is 1. The van der Waals surface area contributed by atoms with E-state index in [0.29, 0.717) is 29.7 Å². The smallest absolute Gasteiger partial charge is 0.317 e. The van der Waals surface area contributed by atoms with Crippen molar-refractivity contribution >= 4 is 36.5 Å². The van der Waals surface area contributed by atoms with Gasteiger partial charge in [-0.1, -0.05) is 0 Å². The van der Waals surface area contributed by atoms with Crippen molar-refractivity contribution in [3.63, 3.8) is 0 Å². The summed E-state index contributed by atoms with van der Waals surface area (Å²) < 4.78 is 55.9. The molecule has 3 heterocycles. The highest BCUT2D eigenvalue weighted by molar-refractivity contribution is 5.85. The van der Waals surface area contributed by atoms with Gasteiger partial charge in [-0.05, 0) is 30.4 Å². The number of alkyl halides is 4. The van der Waals surface area contributed by atoms with Gasteiger partial charge in [-0.25, -0.2) is 31.9 Å². The van der Waals surface area contributed by atoms with Crippen molar-refractivity contribution in [2.24, 2.45) is 23.5 Å². The number of nitrogens with two attached hydrogens (primary N) is 1. The number of nitrogens with zero attached hydrogens (tertiary/aromatic N) is 4. The molecule has 0 spiro atoms. The number of urea groups is 1. The molecule has 13 heteroatoms. The van der Waals surface area contributed by atoms with Crippen LogP contribution in [0.25, 0.3) is 5.65 Å². The fourth-order valence-corrected chi connectivity index (χ4v) is 4.82. The monoisotopic (exact) mass is 512 g/mol. The van der Waals surface area contributed by atoms with E-state index in [1.807, 2.05) is 0 Å². The molecule has 2 saturated carbocycles. The van der Waals surface area contributed by atoms with Crippen LogP contribution in [0, 0.1) is 17.8 Å². The standard InChI is InChI=1S/C20H24F4N6O.2ClH/c21-19(22)3-1-12(2-4-19)17(25)15-10-30-16(28-15)5-11(6-27-30)8-29-9-14-13(20(14,23)24)7-26-18(29)31;;/h5-6,10,12-14,17H,1-4,7-9,25H2,(H,26,31);2*1H/t13-,14+,17+;;/m1../s1. The zero-order chi connectivity index (χ0) is 22.0. The lowest BCUT2D eigenvalue weighted by atomic mass is 9.81. The van der Waals surface area contributed by atoms with Gasteiger partial charge in [0, 0.05) is 32.5 Å². The molecule has 0 aromatic carbocycles. The third kappa shape index (κ3) is 4.85. The number of halogens is 6. The number of carbonyl (C=O) groups is 1. The van der Waals surface area contributed by atoms with Gasteiger partial charge in [0.2, 0.25) is 5.92 Å². The predicted octanol–water partition coefficient (Wildman–Crippen LogP) is 3.80. The molecule has 2 aromatic heterocycles. The third-order valence-corrected chi connectivity index (χ3v) is 6.92. The van der Waals surface area contributed by atoms with E-state index in [1.54, 1.807) is 23.0 Å². The summed E-state index contributed by atoms with van der Waals surface area (Å²) >= 11 is 0. The summed E-state index contributed by atoms with van der Waals surface area (Å²) in [6, 6.07) is 0.897. The normalized spacial score (nSPS) is 26.9. The fourth-order valence-electron chi connectivity index (χ4n) is 4.82. The van der Waals surface area contributed by atoms with E-state index in [9.17, 15) is 22.4 Å². The molecular formula is C20H26Cl2F4N6O. The Kier molecular flexibility index (Phi) is 7.08. The molecule has 0 radical (unpaired) electrons. The summed E-state index contributed by atoms with van der Waals surface area (Å²) in [5.74, 6) is -7.03. The van der Waals surface area contributed by atoms with E-state index >= 15 is 0 Å². The Morgan fingerprint density at radius 1 is 1.18 bits per heavy atom. The fraction of sp³-hybridized carbons (Fsp3) is 0.650. The molecule has 3 atom stereocenters. The van der Waals surface area contributed by atoms with Crippen molar-refractivity contribution in [3.05, 3.63) is 29.7 Å². The molecule has 3 N–H and O–H groups in total. The van der Waals surface area contributed by atoms with Gasteiger partial charge in [-0.3, -0.25) is 0 Å². The Morgan fingerprint density at radius 2 is 1.88 bits per heavy atom. The lowest BCUT2D eigenvalue weighted by Crippen LogP contribution is -2.40. The van der Waals surface area contributed by atoms with Crippen LogP contribution in [-0.2, 0) is 6.54 Å². The molecule has 184 valence electrons. The Bertz CT molecular complexity index is 1010. The molecule has 0 unspecified atom stereocenters. The van der Waals surface area contributed by atoms with Crippen LogP contribution in [0.15, 0.2) is 18.5 Å². The maximum absolute atomic E-state index is 13.7. The summed E-state index contributed by atoms with van der Waals surface area (Å²) in [4.78, 5) is 18.1. The number of rotatable bonds is 4. The van der Waals surface area contributed by atoms with Crippen LogP contribution < -0.4 is 11.1 Å². The van der Waals surface area contributed by atoms with Crippen LogP contribution in [-0.4, -0.2) is 50.5 Å². The first-order chi connectivity index (χ1) is 14.6. The van der Waals surface area contributed by atoms with E-state index < -0.39 is 29.7 Å². The summed E-state index contributed by atoms with van der Waals surface area (Å²) in [5, 5.41) is 6.85. The minimum atomic E-state index is -2.73. The minimum absolute atomic E-state index is 0. The quantitative estimate of drug-likeness (QED) is 0.609. The zero-order valence-electron chi connectivity index (χ0n) is 17.6. The number of nitrogens with one attached hydrogen (secondary N) is 1. The van der Waals surface area contributed by atoms with Crippen molar-refractivity contribution in [2.45, 2.75) is 50.1 Å². The number of hydrogen-bond acceptors (Lipinski definition) is 4. The number of aromatic nitrogens is 3. The molecule has 1 saturated heterocycles. The molecule has 2 aromatic rings. The number of hydrogen-bond donors (Lipinski definition) is 2. The van der Waals surface area contributed by atoms with Crippen LogP contribution >= 0.6 is 24.8 Å². The van der Waals surface area contributed by atoms with Crippen LogP contribution in [0.5, 0.6) is 0 Å². The highest BCUT2D eigenvalue weighted by Crippen LogP contribution is 2.55. The second kappa shape index (κ2) is 9.07. The van der Waals surface area contributed by atoms with Gasteiger partial charge in [0.1, 0.15) is 0 Å². The highest BCUT2D eigenvalue weighted by Gasteiger charge is 2.69. The molecule has 5 rings (SSSR count). The first-order valence-electron chi connectivity index (χ1n) is 10.5. The minimum Gasteiger partial charge on any atom is -0.337 e. The summed E-state index contributed by atoms with van der Waals surface area (Å²) in [6.07, 6.45) is 3.60. The molecule has 33 heavy (non-hydrogen) atoms. The van der Waals surface area contributed by atoms with Gasteiger partial charge in [0.05, 0.1) is 36.0 Å². The topological polar surface area (TPSA) is 88.5 Å². The lowest BCUT2D eigenvalue weighted by molar-refractivity contribution is -0.0484. The molecule has 2 amide bonds. The van der Waals surface area contributed by atoms with Gasteiger partial charge in [-0.15, -0.1) is 24.8 Å². The molecule has 0 bridgehead atoms. The first-order valence-corrected chi connectivity index (χ1v) is 10.5. The molecule has 3 aliphatic rings. The van der Waals surface area contributed by atoms with Crippen LogP contribution in [0.3, 0.4) is 0 Å². The number of imidazole rings is 1. The Balaban J connectivity index is 0.00000153. The maximum atomic E-state index is 13.7. The highest BCUT2D eigenvalue weighted by atomic mass is 35.5. The summed E-state index contributed by atoms with van der Waals surface area (Å²) in [7, 11) is 0. The Hall–Kier alpha value is -1.85. The van der Waals surface area contributed by atoms with E-state index in [0.717, 1.165) is 0 Å². The number of fused-ring (bicyclic) bond motifs is 2. The SMILES string of the molecule is Cl.Cl.N[C@H](c1cn2ncc(CN3C[C@H]4[C@@H](CNC3=O)C4(F)F)cc2n1)C1CCC(F)(F)CC1. The zero-order valence-corrected chi connectivity index (χ0v) is 19.2. The van der Waals surface area contributed by atoms with Crippen LogP contribution in [0.2, 0.25) is 0 Å². The first kappa shape index (κ1) is 25.8. The second-order valence-corrected chi connectivity index (χ2v) is 9.01. The van der Waals surface area contributed by atoms with Gasteiger partial charge in [0.25, 0.3) is 5.92 Å². The average Bonchev–Trinajstić information content (AvgIpc) is 3.06. The van der Waals surface area contributed by atoms with Gasteiger partial charge >= 0.3 is 6.03 Å². The van der Waals surface area contributed by atoms with E-state index in [-0.39, 0.29) is 69.2 Å². The summed E-state index contributed by atoms with van der Waals surface area (Å²) in [5.41, 5.74) is 8.06. The average molecular weight is 513 g/mol. The molecule has 2 aliphatic carbocycles. The van der Waals surface area contributed by atoms with Crippen molar-refractivity contribution in [1.82, 2.24) is 24.8 Å². The van der Waals surface area contributed by atoms with E-state index in [4.69, 9.17) is 5.73 Å². The maximum Gasteiger partial charge on any atom is 0.317 e. The molecular weight excluding hydrogens is 487 g/mol. The molecule has 1 aliphatic heterocycles. The largest absolute Gasteiger partial charge is 0.337 e. The Labute approximate surface area is 200 Å². The number of amides is 2. The van der Waals surface area contributed by atoms with E-state index in [1.165, 1.54) is 4.90 Å². The van der Waals surface area contributed by atoms with Crippen molar-refractivity contribution < 1.29 is 22.4 Å². The van der Waals surface area contributed by atoms with Crippen LogP contribution in [0.4, 0.5) is 22.4 Å². The van der Waals surface area contributed by atoms with Crippen molar-refractivity contribution in [2.75, 3.05) is 13.1 Å². The molecule has 3 fully saturated rings. The second-order valence-electron chi connectivity index (χ2n) is 9.01. The summed E-state index contributed by atoms with van der Waals surface area (Å²) in [6.45, 7) is 0.116. The Morgan fingerprint density at radius 3 is 2.58 bits per heavy atom.